The maximum atomic E-state index is 11.1. The molecule has 4 aromatic rings. The molecule has 3 nitrogen and oxygen atoms in total. The number of aryl methyl sites for hydroxylation is 1. The van der Waals surface area contributed by atoms with Crippen molar-refractivity contribution in [3.63, 3.8) is 0 Å². The average Bonchev–Trinajstić information content (AvgIpc) is 2.68. The third kappa shape index (κ3) is 4.78. The van der Waals surface area contributed by atoms with E-state index in [4.69, 9.17) is 5.11 Å². The van der Waals surface area contributed by atoms with Crippen molar-refractivity contribution in [3.05, 3.63) is 90.0 Å². The predicted molar refractivity (Wildman–Crippen MR) is 113 cm³/mol. The smallest absolute Gasteiger partial charge is 0.336 e. The Bertz CT molecular complexity index is 1100. The van der Waals surface area contributed by atoms with Crippen LogP contribution in [0.25, 0.3) is 21.5 Å². The molecule has 0 unspecified atom stereocenters. The van der Waals surface area contributed by atoms with Crippen molar-refractivity contribution in [2.45, 2.75) is 6.92 Å². The van der Waals surface area contributed by atoms with Crippen molar-refractivity contribution < 1.29 is 42.6 Å². The van der Waals surface area contributed by atoms with Crippen LogP contribution >= 0.6 is 0 Å². The number of carboxylic acids is 1. The molecule has 0 aliphatic heterocycles. The van der Waals surface area contributed by atoms with Crippen molar-refractivity contribution in [2.75, 3.05) is 19.0 Å². The van der Waals surface area contributed by atoms with Gasteiger partial charge in [0.15, 0.2) is 0 Å². The fourth-order valence-electron chi connectivity index (χ4n) is 3.18. The first-order valence-electron chi connectivity index (χ1n) is 8.77. The Balaban J connectivity index is 0.000000205. The van der Waals surface area contributed by atoms with Crippen LogP contribution in [0.1, 0.15) is 15.9 Å². The summed E-state index contributed by atoms with van der Waals surface area (Å²) in [5.74, 6) is -0.887. The SMILES string of the molecule is CN(C)c1cccc2c(C(=O)O)cccc12.Cc1cccc2[c-]cccc12.[Y]. The Hall–Kier alpha value is -2.23. The van der Waals surface area contributed by atoms with E-state index in [0.717, 1.165) is 16.5 Å². The predicted octanol–water partition coefficient (Wildman–Crippen LogP) is 5.55. The summed E-state index contributed by atoms with van der Waals surface area (Å²) in [6, 6.07) is 26.6. The molecule has 4 aromatic carbocycles. The van der Waals surface area contributed by atoms with Crippen LogP contribution in [0, 0.1) is 13.0 Å². The number of anilines is 1. The summed E-state index contributed by atoms with van der Waals surface area (Å²) in [5.41, 5.74) is 2.70. The molecule has 0 aromatic heterocycles. The molecule has 0 amide bonds. The summed E-state index contributed by atoms with van der Waals surface area (Å²) in [4.78, 5) is 13.1. The maximum Gasteiger partial charge on any atom is 0.336 e. The van der Waals surface area contributed by atoms with Crippen LogP contribution < -0.4 is 4.90 Å². The van der Waals surface area contributed by atoms with E-state index >= 15 is 0 Å². The molecule has 4 heteroatoms. The van der Waals surface area contributed by atoms with Crippen LogP contribution in [0.4, 0.5) is 5.69 Å². The summed E-state index contributed by atoms with van der Waals surface area (Å²) in [6.45, 7) is 2.12. The first-order chi connectivity index (χ1) is 13.0. The number of nitrogens with zero attached hydrogens (tertiary/aromatic N) is 1. The molecule has 0 saturated carbocycles. The van der Waals surface area contributed by atoms with E-state index in [-0.39, 0.29) is 32.7 Å². The molecule has 139 valence electrons. The van der Waals surface area contributed by atoms with Gasteiger partial charge in [-0.1, -0.05) is 35.9 Å². The van der Waals surface area contributed by atoms with E-state index in [1.54, 1.807) is 12.1 Å². The van der Waals surface area contributed by atoms with E-state index in [2.05, 4.69) is 37.3 Å². The summed E-state index contributed by atoms with van der Waals surface area (Å²) in [7, 11) is 3.89. The van der Waals surface area contributed by atoms with Crippen LogP contribution in [-0.4, -0.2) is 25.2 Å². The van der Waals surface area contributed by atoms with Crippen molar-refractivity contribution in [3.8, 4) is 0 Å². The molecular weight excluding hydrogens is 423 g/mol. The van der Waals surface area contributed by atoms with E-state index < -0.39 is 5.97 Å². The average molecular weight is 445 g/mol. The van der Waals surface area contributed by atoms with Crippen LogP contribution in [0.2, 0.25) is 0 Å². The van der Waals surface area contributed by atoms with Gasteiger partial charge in [0.1, 0.15) is 0 Å². The zero-order valence-corrected chi connectivity index (χ0v) is 19.1. The number of benzene rings is 4. The van der Waals surface area contributed by atoms with Crippen LogP contribution in [-0.2, 0) is 32.7 Å². The number of hydrogen-bond acceptors (Lipinski definition) is 2. The molecule has 28 heavy (non-hydrogen) atoms. The molecule has 1 N–H and O–H groups in total. The summed E-state index contributed by atoms with van der Waals surface area (Å²) < 4.78 is 0. The second-order valence-corrected chi connectivity index (χ2v) is 6.58. The standard InChI is InChI=1S/C13H13NO2.C11H9.Y/c1-14(2)12-8-4-5-9-10(12)6-3-7-11(9)13(15)16;1-9-5-4-7-10-6-2-3-8-11(9)10;/h3-8H,1-2H3,(H,15,16);2-5,7-8H,1H3;/q;-1;. The first-order valence-corrected chi connectivity index (χ1v) is 8.77. The Morgan fingerprint density at radius 1 is 0.857 bits per heavy atom. The second kappa shape index (κ2) is 9.81. The Kier molecular flexibility index (Phi) is 7.73. The van der Waals surface area contributed by atoms with Gasteiger partial charge >= 0.3 is 5.97 Å². The quantitative estimate of drug-likeness (QED) is 0.412. The van der Waals surface area contributed by atoms with E-state index in [1.165, 1.54) is 16.3 Å². The topological polar surface area (TPSA) is 40.5 Å². The van der Waals surface area contributed by atoms with Crippen molar-refractivity contribution in [2.24, 2.45) is 0 Å². The van der Waals surface area contributed by atoms with Gasteiger partial charge in [0.25, 0.3) is 0 Å². The van der Waals surface area contributed by atoms with Gasteiger partial charge in [0.05, 0.1) is 5.56 Å². The molecule has 0 saturated heterocycles. The van der Waals surface area contributed by atoms with Gasteiger partial charge in [-0.2, -0.15) is 0 Å². The van der Waals surface area contributed by atoms with Gasteiger partial charge < -0.3 is 10.0 Å². The van der Waals surface area contributed by atoms with Crippen molar-refractivity contribution in [1.29, 1.82) is 0 Å². The number of carbonyl (C=O) groups is 1. The summed E-state index contributed by atoms with van der Waals surface area (Å²) >= 11 is 0. The van der Waals surface area contributed by atoms with Crippen LogP contribution in [0.3, 0.4) is 0 Å². The first kappa shape index (κ1) is 22.1. The minimum atomic E-state index is -0.887. The molecule has 0 aliphatic rings. The van der Waals surface area contributed by atoms with E-state index in [9.17, 15) is 4.79 Å². The minimum Gasteiger partial charge on any atom is -0.478 e. The zero-order chi connectivity index (χ0) is 19.4. The monoisotopic (exact) mass is 445 g/mol. The summed E-state index contributed by atoms with van der Waals surface area (Å²) in [6.07, 6.45) is 0. The molecule has 0 fully saturated rings. The molecule has 0 atom stereocenters. The minimum absolute atomic E-state index is 0. The number of fused-ring (bicyclic) bond motifs is 2. The van der Waals surface area contributed by atoms with Crippen LogP contribution in [0.15, 0.2) is 72.8 Å². The zero-order valence-electron chi connectivity index (χ0n) is 16.3. The van der Waals surface area contributed by atoms with Crippen molar-refractivity contribution in [1.82, 2.24) is 0 Å². The van der Waals surface area contributed by atoms with E-state index in [1.807, 2.05) is 55.4 Å². The number of aromatic carboxylic acids is 1. The number of carboxylic acid groups (broad SMARTS) is 1. The number of rotatable bonds is 2. The van der Waals surface area contributed by atoms with Gasteiger partial charge in [-0.3, -0.25) is 0 Å². The Morgan fingerprint density at radius 2 is 1.50 bits per heavy atom. The molecule has 1 radical (unpaired) electrons. The molecule has 0 bridgehead atoms. The van der Waals surface area contributed by atoms with E-state index in [0.29, 0.717) is 5.56 Å². The fourth-order valence-corrected chi connectivity index (χ4v) is 3.18. The van der Waals surface area contributed by atoms with Gasteiger partial charge in [0, 0.05) is 57.9 Å². The molecule has 0 heterocycles. The third-order valence-electron chi connectivity index (χ3n) is 4.53. The molecular formula is C24H22NO2Y-. The molecule has 0 aliphatic carbocycles. The van der Waals surface area contributed by atoms with Crippen molar-refractivity contribution >= 4 is 33.2 Å². The number of hydrogen-bond donors (Lipinski definition) is 1. The molecule has 0 spiro atoms. The maximum absolute atomic E-state index is 11.1. The summed E-state index contributed by atoms with van der Waals surface area (Å²) in [5, 5.41) is 13.3. The van der Waals surface area contributed by atoms with Gasteiger partial charge in [-0.05, 0) is 24.4 Å². The fraction of sp³-hybridized carbons (Fsp3) is 0.125. The van der Waals surface area contributed by atoms with Gasteiger partial charge in [-0.15, -0.1) is 47.2 Å². The normalized spacial score (nSPS) is 9.96. The third-order valence-corrected chi connectivity index (χ3v) is 4.53. The molecule has 4 rings (SSSR count). The van der Waals surface area contributed by atoms with Crippen LogP contribution in [0.5, 0.6) is 0 Å². The Labute approximate surface area is 190 Å². The Morgan fingerprint density at radius 3 is 2.18 bits per heavy atom. The van der Waals surface area contributed by atoms with Gasteiger partial charge in [0.2, 0.25) is 0 Å². The largest absolute Gasteiger partial charge is 0.478 e. The second-order valence-electron chi connectivity index (χ2n) is 6.58. The van der Waals surface area contributed by atoms with Gasteiger partial charge in [-0.25, -0.2) is 4.79 Å².